The molecule has 0 radical (unpaired) electrons. The van der Waals surface area contributed by atoms with E-state index in [1.165, 1.54) is 42.8 Å². The third-order valence-corrected chi connectivity index (χ3v) is 18.1. The molecule has 0 spiro atoms. The minimum atomic E-state index is -1.42. The molecule has 2 fully saturated rings. The molecule has 2 saturated heterocycles. The number of amides is 8. The number of carbonyl (C=O) groups excluding carboxylic acids is 11. The van der Waals surface area contributed by atoms with Crippen molar-refractivity contribution in [3.63, 3.8) is 0 Å². The van der Waals surface area contributed by atoms with Crippen molar-refractivity contribution in [2.45, 2.75) is 155 Å². The molecule has 534 valence electrons. The number of methoxy groups -OCH3 is 2. The van der Waals surface area contributed by atoms with Crippen LogP contribution in [0.2, 0.25) is 0 Å². The van der Waals surface area contributed by atoms with Crippen molar-refractivity contribution in [2.24, 2.45) is 11.3 Å². The molecule has 100 heavy (non-hydrogen) atoms. The molecule has 6 atom stereocenters. The van der Waals surface area contributed by atoms with Gasteiger partial charge in [0.15, 0.2) is 11.5 Å². The van der Waals surface area contributed by atoms with Crippen LogP contribution in [0.25, 0.3) is 0 Å². The molecule has 7 rings (SSSR count). The minimum Gasteiger partial charge on any atom is -0.493 e. The number of nitrogens with one attached hydrogen (secondary N) is 4. The number of piperidine rings is 1. The molecule has 5 aromatic rings. The first-order valence-electron chi connectivity index (χ1n) is 34.2. The Kier molecular flexibility index (Phi) is 28.6. The van der Waals surface area contributed by atoms with Gasteiger partial charge in [0, 0.05) is 71.3 Å². The second-order valence-corrected chi connectivity index (χ2v) is 26.4. The van der Waals surface area contributed by atoms with Crippen molar-refractivity contribution in [3.8, 4) is 11.5 Å². The van der Waals surface area contributed by atoms with Crippen LogP contribution < -0.4 is 30.7 Å². The maximum Gasteiger partial charge on any atom is 0.330 e. The van der Waals surface area contributed by atoms with Gasteiger partial charge in [-0.25, -0.2) is 9.59 Å². The highest BCUT2D eigenvalue weighted by atomic mass is 16.5. The first kappa shape index (κ1) is 77.2. The fourth-order valence-corrected chi connectivity index (χ4v) is 12.2. The van der Waals surface area contributed by atoms with Crippen LogP contribution in [0, 0.1) is 11.3 Å². The first-order valence-corrected chi connectivity index (χ1v) is 34.2. The number of anilines is 1. The van der Waals surface area contributed by atoms with E-state index in [0.717, 1.165) is 17.2 Å². The smallest absolute Gasteiger partial charge is 0.330 e. The van der Waals surface area contributed by atoms with Gasteiger partial charge in [0.25, 0.3) is 5.91 Å². The zero-order valence-corrected chi connectivity index (χ0v) is 58.9. The largest absolute Gasteiger partial charge is 0.493 e. The van der Waals surface area contributed by atoms with Crippen LogP contribution >= 0.6 is 0 Å². The highest BCUT2D eigenvalue weighted by Gasteiger charge is 2.44. The van der Waals surface area contributed by atoms with E-state index < -0.39 is 101 Å². The van der Waals surface area contributed by atoms with Gasteiger partial charge in [0.2, 0.25) is 47.1 Å². The molecule has 2 aliphatic rings. The van der Waals surface area contributed by atoms with Gasteiger partial charge in [-0.05, 0) is 136 Å². The molecule has 5 aromatic carbocycles. The summed E-state index contributed by atoms with van der Waals surface area (Å²) in [5.41, 5.74) is 2.82. The van der Waals surface area contributed by atoms with Crippen LogP contribution in [0.1, 0.15) is 138 Å². The fourth-order valence-electron chi connectivity index (χ4n) is 12.2. The number of esters is 2. The molecule has 4 N–H and O–H groups in total. The Hall–Kier alpha value is -10.2. The lowest BCUT2D eigenvalue weighted by Gasteiger charge is -2.36. The number of likely N-dealkylation sites (tertiary alicyclic amines) is 2. The minimum absolute atomic E-state index is 0.0495. The van der Waals surface area contributed by atoms with Crippen molar-refractivity contribution in [1.29, 1.82) is 0 Å². The maximum absolute atomic E-state index is 15.2. The Labute approximate surface area is 586 Å². The lowest BCUT2D eigenvalue weighted by Crippen LogP contribution is -2.58. The van der Waals surface area contributed by atoms with E-state index in [1.807, 2.05) is 57.2 Å². The van der Waals surface area contributed by atoms with Gasteiger partial charge in [-0.2, -0.15) is 0 Å². The second-order valence-electron chi connectivity index (χ2n) is 26.4. The van der Waals surface area contributed by atoms with Crippen LogP contribution in [0.4, 0.5) is 5.69 Å². The predicted molar refractivity (Wildman–Crippen MR) is 376 cm³/mol. The summed E-state index contributed by atoms with van der Waals surface area (Å²) in [7, 11) is 6.30. The molecule has 23 nitrogen and oxygen atoms in total. The number of rotatable bonds is 34. The lowest BCUT2D eigenvalue weighted by atomic mass is 9.87. The summed E-state index contributed by atoms with van der Waals surface area (Å²) < 4.78 is 22.4. The molecule has 2 aliphatic heterocycles. The summed E-state index contributed by atoms with van der Waals surface area (Å²) in [4.78, 5) is 159. The van der Waals surface area contributed by atoms with E-state index in [9.17, 15) is 47.9 Å². The molecule has 0 aliphatic carbocycles. The van der Waals surface area contributed by atoms with Crippen LogP contribution in [-0.4, -0.2) is 163 Å². The van der Waals surface area contributed by atoms with Crippen LogP contribution in [0.15, 0.2) is 140 Å². The molecule has 0 aromatic heterocycles. The number of carbonyl (C=O) groups is 11. The van der Waals surface area contributed by atoms with E-state index >= 15 is 4.79 Å². The number of ketones is 1. The summed E-state index contributed by atoms with van der Waals surface area (Å²) in [5.74, 6) is -5.58. The van der Waals surface area contributed by atoms with Crippen molar-refractivity contribution < 1.29 is 71.7 Å². The monoisotopic (exact) mass is 1370 g/mol. The zero-order chi connectivity index (χ0) is 72.6. The van der Waals surface area contributed by atoms with Crippen molar-refractivity contribution >= 4 is 70.7 Å². The topological polar surface area (TPSA) is 286 Å². The Balaban J connectivity index is 1.08. The second kappa shape index (κ2) is 37.1. The van der Waals surface area contributed by atoms with E-state index in [-0.39, 0.29) is 69.3 Å². The van der Waals surface area contributed by atoms with Gasteiger partial charge in [-0.3, -0.25) is 43.2 Å². The summed E-state index contributed by atoms with van der Waals surface area (Å²) in [6.45, 7) is 12.8. The number of nitrogens with zero attached hydrogens (tertiary/aromatic N) is 4. The average Bonchev–Trinajstić information content (AvgIpc) is 1.13. The standard InChI is InChI=1S/C77H96N8O15/c1-11-68(89)99-49-77(5,6)70(90)75(95)85-41-20-19-29-60(85)76(96)100-62(37-35-52-36-38-63(97-9)64(45-52)98-10)56-27-21-28-57(47-56)79-65(86)39-40-66(87)81-69(55-25-17-14-18-26-55)71(91)80-58(44-51-31-33-53(34-32-51)46-67(88)78-48-54-23-15-13-16-24-54)72(92)84-42-22-30-59(84)74(94)83(8)61(43-50(3)4)73(93)82(7)12-2/h11,13-18,21,23-28,31-34,36,38,45,47,50,58-62,69H,1,12,19-20,22,29-30,35,37,39-44,46,48-49H2,2-10H3,(H,78,88)(H,79,86)(H,80,91)(H,81,87)/t58-,59+,60-,61-,62+,69-/m0/s1. The SMILES string of the molecule is C=CC(=O)OCC(C)(C)C(=O)C(=O)N1CCCC[C@H]1C(=O)O[C@H](CCc1ccc(OC)c(OC)c1)c1cccc(NC(=O)CCC(=O)N[C@H](C(=O)N[C@@H](Cc2ccc(CC(=O)NCc3ccccc3)cc2)C(=O)N2CCC[C@@H]2C(=O)N(C)[C@@H](CC(C)C)C(=O)N(C)CC)c2ccccc2)c1. The van der Waals surface area contributed by atoms with Crippen molar-refractivity contribution in [1.82, 2.24) is 35.6 Å². The number of Topliss-reactive ketones (excluding diaryl/α,β-unsaturated/α-hetero) is 1. The highest BCUT2D eigenvalue weighted by molar-refractivity contribution is 6.38. The third-order valence-electron chi connectivity index (χ3n) is 18.1. The zero-order valence-electron chi connectivity index (χ0n) is 58.9. The van der Waals surface area contributed by atoms with Gasteiger partial charge >= 0.3 is 11.9 Å². The van der Waals surface area contributed by atoms with Crippen LogP contribution in [0.3, 0.4) is 0 Å². The number of benzene rings is 5. The van der Waals surface area contributed by atoms with Crippen LogP contribution in [0.5, 0.6) is 11.5 Å². The number of likely N-dealkylation sites (N-methyl/N-ethyl adjacent to an activating group) is 2. The molecule has 0 saturated carbocycles. The fraction of sp³-hybridized carbons (Fsp3) is 0.442. The van der Waals surface area contributed by atoms with Gasteiger partial charge in [0.05, 0.1) is 26.1 Å². The summed E-state index contributed by atoms with van der Waals surface area (Å²) in [5, 5.41) is 11.5. The van der Waals surface area contributed by atoms with E-state index in [4.69, 9.17) is 18.9 Å². The third kappa shape index (κ3) is 21.7. The van der Waals surface area contributed by atoms with Gasteiger partial charge in [-0.15, -0.1) is 0 Å². The number of aryl methyl sites for hydroxylation is 1. The van der Waals surface area contributed by atoms with E-state index in [2.05, 4.69) is 27.8 Å². The van der Waals surface area contributed by atoms with Gasteiger partial charge < -0.3 is 59.8 Å². The maximum atomic E-state index is 15.2. The predicted octanol–water partition coefficient (Wildman–Crippen LogP) is 8.13. The average molecular weight is 1370 g/mol. The highest BCUT2D eigenvalue weighted by Crippen LogP contribution is 2.33. The molecular weight excluding hydrogens is 1280 g/mol. The Morgan fingerprint density at radius 1 is 0.680 bits per heavy atom. The molecule has 2 heterocycles. The lowest BCUT2D eigenvalue weighted by molar-refractivity contribution is -0.165. The summed E-state index contributed by atoms with van der Waals surface area (Å²) in [6.07, 6.45) is 2.36. The number of ether oxygens (including phenoxy) is 4. The van der Waals surface area contributed by atoms with E-state index in [1.54, 1.807) is 110 Å². The normalized spacial score (nSPS) is 15.5. The Morgan fingerprint density at radius 3 is 1.99 bits per heavy atom. The van der Waals surface area contributed by atoms with Crippen LogP contribution in [-0.2, 0) is 88.0 Å². The molecular formula is C77H96N8O15. The summed E-state index contributed by atoms with van der Waals surface area (Å²) >= 11 is 0. The van der Waals surface area contributed by atoms with Gasteiger partial charge in [0.1, 0.15) is 42.9 Å². The first-order chi connectivity index (χ1) is 47.8. The Morgan fingerprint density at radius 2 is 1.32 bits per heavy atom. The molecule has 0 unspecified atom stereocenters. The van der Waals surface area contributed by atoms with Gasteiger partial charge in [-0.1, -0.05) is 124 Å². The molecule has 0 bridgehead atoms. The quantitative estimate of drug-likeness (QED) is 0.0172. The van der Waals surface area contributed by atoms with Crippen molar-refractivity contribution in [2.75, 3.05) is 59.9 Å². The summed E-state index contributed by atoms with van der Waals surface area (Å²) in [6, 6.07) is 31.5. The van der Waals surface area contributed by atoms with Crippen molar-refractivity contribution in [3.05, 3.63) is 173 Å². The molecule has 23 heteroatoms. The molecule has 8 amide bonds. The Bertz CT molecular complexity index is 3690. The number of hydrogen-bond acceptors (Lipinski definition) is 15. The van der Waals surface area contributed by atoms with E-state index in [0.29, 0.717) is 91.1 Å². The number of hydrogen-bond donors (Lipinski definition) is 4.